The first-order valence-electron chi connectivity index (χ1n) is 37.8. The predicted molar refractivity (Wildman–Crippen MR) is 504 cm³/mol. The van der Waals surface area contributed by atoms with Gasteiger partial charge in [0.15, 0.2) is 8.32 Å². The summed E-state index contributed by atoms with van der Waals surface area (Å²) < 4.78 is 183. The van der Waals surface area contributed by atoms with Crippen molar-refractivity contribution in [3.05, 3.63) is 24.6 Å². The van der Waals surface area contributed by atoms with Crippen molar-refractivity contribution in [2.24, 2.45) is 0 Å². The zero-order chi connectivity index (χ0) is 87.5. The standard InChI is InChI=1S/C56H162O27Si26/c1-55-84(5,6)59-85(7,8)60-86(9,10)61-87(11,12)62-88(13,14)63-89(15,16)64-90(17,18)65-91(19,20)66-92(21,22)67-93(23,24)68-94(25,26)69-95(27,28)70-96(29,30)71-97(31,32)72-98(33,34)73-99(35,36)74-100(37,38)75-101(39,40)76-102(41,42)77-103(43,44)78-104(45,46)79-105(47,48)80-106(49,50)81-107(51,52)82-108(53,54)83-109(56-2,57-3)58-4/h55-56H,1-2H2,3-54H3. The molecule has 0 saturated heterocycles. The van der Waals surface area contributed by atoms with Crippen LogP contribution in [0.25, 0.3) is 0 Å². The first kappa shape index (κ1) is 113. The molecule has 0 aliphatic rings. The maximum Gasteiger partial charge on any atom is 0.519 e. The van der Waals surface area contributed by atoms with Crippen LogP contribution in [0.5, 0.6) is 0 Å². The lowest BCUT2D eigenvalue weighted by Gasteiger charge is -2.45. The minimum absolute atomic E-state index is 1.56. The highest BCUT2D eigenvalue weighted by atomic mass is 28.6. The average Bonchev–Trinajstić information content (AvgIpc) is 0.841. The van der Waals surface area contributed by atoms with Gasteiger partial charge in [-0.05, 0) is 333 Å². The molecule has 0 heterocycles. The van der Waals surface area contributed by atoms with Crippen molar-refractivity contribution in [1.82, 2.24) is 0 Å². The average molecular weight is 2000 g/mol. The Morgan fingerprint density at radius 2 is 0.211 bits per heavy atom. The van der Waals surface area contributed by atoms with Crippen LogP contribution >= 0.6 is 0 Å². The molecule has 0 radical (unpaired) electrons. The van der Waals surface area contributed by atoms with Crippen molar-refractivity contribution in [1.29, 1.82) is 0 Å². The molecule has 0 aromatic heterocycles. The van der Waals surface area contributed by atoms with Crippen LogP contribution in [0.3, 0.4) is 0 Å². The SMILES string of the molecule is C=C[Si](C)(C)O[Si](C)(C)O[Si](C)(C)O[Si](C)(C)O[Si](C)(C)O[Si](C)(C)O[Si](C)(C)O[Si](C)(C)O[Si](C)(C)O[Si](C)(C)O[Si](C)(C)O[Si](C)(C)O[Si](C)(C)O[Si](C)(C)O[Si](C)(C)O[Si](C)(C)O[Si](C)(C)O[Si](C)(C)O[Si](C)(C)O[Si](C)(C)O[Si](C)(C)O[Si](C)(C)O[Si](C)(C)O[Si](C)(C)O[Si](C)(C)O[Si](C=C)(OC)OC. The first-order valence-corrected chi connectivity index (χ1v) is 110. The summed E-state index contributed by atoms with van der Waals surface area (Å²) in [6.45, 7) is 110. The summed E-state index contributed by atoms with van der Waals surface area (Å²) in [5.74, 6) is 0. The normalized spacial score (nSPS) is 16.0. The summed E-state index contributed by atoms with van der Waals surface area (Å²) >= 11 is 0. The highest BCUT2D eigenvalue weighted by molar-refractivity contribution is 6.98. The molecule has 0 aromatic rings. The van der Waals surface area contributed by atoms with Crippen LogP contribution in [0.15, 0.2) is 24.6 Å². The Bertz CT molecular complexity index is 2900. The molecule has 53 heteroatoms. The highest BCUT2D eigenvalue weighted by Crippen LogP contribution is 2.37. The van der Waals surface area contributed by atoms with Gasteiger partial charge < -0.3 is 112 Å². The summed E-state index contributed by atoms with van der Waals surface area (Å²) in [6.07, 6.45) is 0. The Morgan fingerprint density at radius 1 is 0.128 bits per heavy atom. The molecule has 0 amide bonds. The molecular formula is C56H162O27Si26. The minimum atomic E-state index is -3.10. The minimum Gasteiger partial charge on any atom is -0.433 e. The molecule has 0 fully saturated rings. The van der Waals surface area contributed by atoms with Gasteiger partial charge >= 0.3 is 214 Å². The topological polar surface area (TPSA) is 249 Å². The quantitative estimate of drug-likeness (QED) is 0.0513. The molecule has 0 saturated carbocycles. The Kier molecular flexibility index (Phi) is 40.1. The van der Waals surface area contributed by atoms with E-state index in [1.54, 1.807) is 19.9 Å². The highest BCUT2D eigenvalue weighted by Gasteiger charge is 2.57. The largest absolute Gasteiger partial charge is 0.519 e. The van der Waals surface area contributed by atoms with E-state index in [2.05, 4.69) is 157 Å². The monoisotopic (exact) mass is 1990 g/mol. The third-order valence-electron chi connectivity index (χ3n) is 13.5. The van der Waals surface area contributed by atoms with Crippen LogP contribution in [-0.4, -0.2) is 237 Å². The summed E-state index contributed by atoms with van der Waals surface area (Å²) in [6, 6.07) is 0. The Hall–Kier alpha value is 4.04. The van der Waals surface area contributed by atoms with Crippen LogP contribution in [0.4, 0.5) is 0 Å². The van der Waals surface area contributed by atoms with Crippen molar-refractivity contribution >= 4 is 223 Å². The van der Waals surface area contributed by atoms with Gasteiger partial charge in [-0.25, -0.2) is 0 Å². The fraction of sp³-hybridized carbons (Fsp3) is 0.929. The van der Waals surface area contributed by atoms with Gasteiger partial charge in [0.25, 0.3) is 0 Å². The zero-order valence-electron chi connectivity index (χ0n) is 78.6. The third kappa shape index (κ3) is 49.2. The summed E-state index contributed by atoms with van der Waals surface area (Å²) in [5.41, 5.74) is 3.54. The van der Waals surface area contributed by atoms with Gasteiger partial charge in [0, 0.05) is 14.2 Å². The van der Waals surface area contributed by atoms with E-state index in [-0.39, 0.29) is 0 Å². The molecule has 27 nitrogen and oxygen atoms in total. The van der Waals surface area contributed by atoms with Gasteiger partial charge in [0.05, 0.1) is 0 Å². The van der Waals surface area contributed by atoms with Crippen LogP contribution in [0, 0.1) is 0 Å². The number of hydrogen-bond acceptors (Lipinski definition) is 27. The van der Waals surface area contributed by atoms with Gasteiger partial charge in [-0.2, -0.15) is 0 Å². The first-order chi connectivity index (χ1) is 46.9. The molecule has 109 heavy (non-hydrogen) atoms. The van der Waals surface area contributed by atoms with Crippen LogP contribution in [0.1, 0.15) is 0 Å². The molecule has 0 spiro atoms. The zero-order valence-corrected chi connectivity index (χ0v) is 105. The molecule has 0 aliphatic carbocycles. The lowest BCUT2D eigenvalue weighted by Crippen LogP contribution is -2.63. The second kappa shape index (κ2) is 38.7. The van der Waals surface area contributed by atoms with Crippen LogP contribution in [-0.2, 0) is 112 Å². The Morgan fingerprint density at radius 3 is 0.284 bits per heavy atom. The van der Waals surface area contributed by atoms with E-state index in [4.69, 9.17) is 112 Å². The van der Waals surface area contributed by atoms with E-state index in [9.17, 15) is 0 Å². The summed E-state index contributed by atoms with van der Waals surface area (Å²) in [5, 5.41) is 0. The second-order valence-corrected chi connectivity index (χ2v) is 133. The molecule has 0 bridgehead atoms. The fourth-order valence-corrected chi connectivity index (χ4v) is 147. The summed E-state index contributed by atoms with van der Waals surface area (Å²) in [7, 11) is -70.6. The van der Waals surface area contributed by atoms with Gasteiger partial charge in [0.2, 0.25) is 0 Å². The Balaban J connectivity index is 5.94. The maximum absolute atomic E-state index is 7.00. The number of hydrogen-bond donors (Lipinski definition) is 0. The molecule has 0 aromatic carbocycles. The smallest absolute Gasteiger partial charge is 0.433 e. The molecule has 0 atom stereocenters. The van der Waals surface area contributed by atoms with E-state index in [1.165, 1.54) is 0 Å². The fourth-order valence-electron chi connectivity index (χ4n) is 15.5. The molecule has 0 rings (SSSR count). The van der Waals surface area contributed by atoms with Gasteiger partial charge in [-0.1, -0.05) is 12.3 Å². The van der Waals surface area contributed by atoms with E-state index in [1.807, 2.05) is 189 Å². The van der Waals surface area contributed by atoms with Crippen molar-refractivity contribution in [3.8, 4) is 0 Å². The van der Waals surface area contributed by atoms with Gasteiger partial charge in [-0.3, -0.25) is 0 Å². The number of rotatable bonds is 54. The Labute approximate surface area is 694 Å². The molecule has 652 valence electrons. The third-order valence-corrected chi connectivity index (χ3v) is 114. The van der Waals surface area contributed by atoms with Gasteiger partial charge in [-0.15, -0.1) is 6.58 Å². The molecule has 0 unspecified atom stereocenters. The molecule has 0 N–H and O–H groups in total. The van der Waals surface area contributed by atoms with E-state index in [0.29, 0.717) is 0 Å². The van der Waals surface area contributed by atoms with Crippen molar-refractivity contribution in [2.45, 2.75) is 327 Å². The van der Waals surface area contributed by atoms with E-state index in [0.717, 1.165) is 0 Å². The lowest BCUT2D eigenvalue weighted by molar-refractivity contribution is 0.157. The predicted octanol–water partition coefficient (Wildman–Crippen LogP) is 19.1. The van der Waals surface area contributed by atoms with Crippen LogP contribution in [0.2, 0.25) is 327 Å². The van der Waals surface area contributed by atoms with E-state index < -0.39 is 223 Å². The maximum atomic E-state index is 7.00. The van der Waals surface area contributed by atoms with Crippen molar-refractivity contribution < 1.29 is 112 Å². The van der Waals surface area contributed by atoms with Crippen molar-refractivity contribution in [3.63, 3.8) is 0 Å². The van der Waals surface area contributed by atoms with Gasteiger partial charge in [0.1, 0.15) is 0 Å². The lowest BCUT2D eigenvalue weighted by atomic mass is 11.3. The molecular weight excluding hydrogens is 1830 g/mol. The van der Waals surface area contributed by atoms with Crippen LogP contribution < -0.4 is 0 Å². The van der Waals surface area contributed by atoms with Crippen molar-refractivity contribution in [2.75, 3.05) is 14.2 Å². The second-order valence-electron chi connectivity index (χ2n) is 39.2. The molecule has 0 aliphatic heterocycles. The van der Waals surface area contributed by atoms with E-state index >= 15 is 0 Å². The summed E-state index contributed by atoms with van der Waals surface area (Å²) in [4.78, 5) is 0.